The average Bonchev–Trinajstić information content (AvgIpc) is 3.31. The quantitative estimate of drug-likeness (QED) is 0.335. The number of nitrogens with zero attached hydrogens (tertiary/aromatic N) is 4. The van der Waals surface area contributed by atoms with Gasteiger partial charge in [0.05, 0.1) is 24.3 Å². The first-order valence-corrected chi connectivity index (χ1v) is 10.5. The van der Waals surface area contributed by atoms with Crippen molar-refractivity contribution in [3.05, 3.63) is 64.5 Å². The van der Waals surface area contributed by atoms with Gasteiger partial charge in [-0.2, -0.15) is 0 Å². The Morgan fingerprint density at radius 1 is 1.18 bits per heavy atom. The van der Waals surface area contributed by atoms with Gasteiger partial charge < -0.3 is 4.74 Å². The molecule has 142 valence electrons. The number of Topliss-reactive ketones (excluding diaryl/α,β-unsaturated/α-hetero) is 1. The number of aryl methyl sites for hydroxylation is 1. The Morgan fingerprint density at radius 2 is 1.96 bits per heavy atom. The number of hydrogen-bond acceptors (Lipinski definition) is 7. The molecule has 2 heterocycles. The largest absolute Gasteiger partial charge is 0.497 e. The highest BCUT2D eigenvalue weighted by molar-refractivity contribution is 7.99. The standard InChI is InChI=1S/C20H18N4O2S2/c1-13-16-5-3-4-6-18(16)28-19(13)17(25)12-27-20-21-22-23-24(20)11-14-7-9-15(26-2)10-8-14/h3-10H,11-12H2,1-2H3. The van der Waals surface area contributed by atoms with Crippen molar-refractivity contribution in [1.29, 1.82) is 0 Å². The molecule has 28 heavy (non-hydrogen) atoms. The summed E-state index contributed by atoms with van der Waals surface area (Å²) >= 11 is 2.91. The molecule has 0 radical (unpaired) electrons. The number of ether oxygens (including phenoxy) is 1. The van der Waals surface area contributed by atoms with Gasteiger partial charge in [-0.05, 0) is 52.1 Å². The minimum atomic E-state index is 0.0997. The average molecular weight is 411 g/mol. The number of tetrazole rings is 1. The van der Waals surface area contributed by atoms with E-state index in [1.165, 1.54) is 11.8 Å². The number of carbonyl (C=O) groups excluding carboxylic acids is 1. The molecule has 2 aromatic heterocycles. The summed E-state index contributed by atoms with van der Waals surface area (Å²) in [6, 6.07) is 15.8. The molecule has 0 saturated carbocycles. The molecule has 0 N–H and O–H groups in total. The zero-order valence-electron chi connectivity index (χ0n) is 15.5. The van der Waals surface area contributed by atoms with Crippen molar-refractivity contribution < 1.29 is 9.53 Å². The number of hydrogen-bond donors (Lipinski definition) is 0. The van der Waals surface area contributed by atoms with Gasteiger partial charge in [-0.25, -0.2) is 4.68 Å². The topological polar surface area (TPSA) is 69.9 Å². The number of benzene rings is 2. The van der Waals surface area contributed by atoms with E-state index in [0.717, 1.165) is 31.8 Å². The SMILES string of the molecule is COc1ccc(Cn2nnnc2SCC(=O)c2sc3ccccc3c2C)cc1. The van der Waals surface area contributed by atoms with Crippen LogP contribution >= 0.6 is 23.1 Å². The third-order valence-electron chi connectivity index (χ3n) is 4.42. The molecular formula is C20H18N4O2S2. The van der Waals surface area contributed by atoms with Gasteiger partial charge in [0.1, 0.15) is 5.75 Å². The number of thioether (sulfide) groups is 1. The van der Waals surface area contributed by atoms with Gasteiger partial charge in [-0.3, -0.25) is 4.79 Å². The molecule has 0 spiro atoms. The Bertz CT molecular complexity index is 1120. The maximum absolute atomic E-state index is 12.8. The summed E-state index contributed by atoms with van der Waals surface area (Å²) in [6.07, 6.45) is 0. The van der Waals surface area contributed by atoms with Crippen LogP contribution in [0.2, 0.25) is 0 Å². The molecule has 0 aliphatic rings. The van der Waals surface area contributed by atoms with Crippen LogP contribution in [0.25, 0.3) is 10.1 Å². The Labute approximate surface area is 170 Å². The van der Waals surface area contributed by atoms with Crippen LogP contribution in [0.5, 0.6) is 5.75 Å². The summed E-state index contributed by atoms with van der Waals surface area (Å²) in [5, 5.41) is 13.7. The van der Waals surface area contributed by atoms with Crippen LogP contribution in [0.4, 0.5) is 0 Å². The van der Waals surface area contributed by atoms with Crippen molar-refractivity contribution >= 4 is 39.0 Å². The summed E-state index contributed by atoms with van der Waals surface area (Å²) in [5.74, 6) is 1.21. The second kappa shape index (κ2) is 8.12. The first-order valence-electron chi connectivity index (χ1n) is 8.69. The van der Waals surface area contributed by atoms with E-state index in [-0.39, 0.29) is 5.78 Å². The predicted octanol–water partition coefficient (Wildman–Crippen LogP) is 4.23. The van der Waals surface area contributed by atoms with Crippen molar-refractivity contribution in [3.63, 3.8) is 0 Å². The summed E-state index contributed by atoms with van der Waals surface area (Å²) < 4.78 is 8.02. The highest BCUT2D eigenvalue weighted by atomic mass is 32.2. The fourth-order valence-corrected chi connectivity index (χ4v) is 4.93. The van der Waals surface area contributed by atoms with Gasteiger partial charge >= 0.3 is 0 Å². The lowest BCUT2D eigenvalue weighted by Crippen LogP contribution is -2.07. The highest BCUT2D eigenvalue weighted by Crippen LogP contribution is 2.32. The van der Waals surface area contributed by atoms with Gasteiger partial charge in [0.2, 0.25) is 5.16 Å². The lowest BCUT2D eigenvalue weighted by atomic mass is 10.1. The molecule has 4 rings (SSSR count). The minimum Gasteiger partial charge on any atom is -0.497 e. The molecule has 4 aromatic rings. The maximum atomic E-state index is 12.8. The van der Waals surface area contributed by atoms with Gasteiger partial charge in [0, 0.05) is 4.70 Å². The summed E-state index contributed by atoms with van der Waals surface area (Å²) in [5.41, 5.74) is 2.10. The van der Waals surface area contributed by atoms with Crippen LogP contribution in [0, 0.1) is 6.92 Å². The molecule has 0 fully saturated rings. The van der Waals surface area contributed by atoms with E-state index in [0.29, 0.717) is 17.5 Å². The number of rotatable bonds is 7. The predicted molar refractivity (Wildman–Crippen MR) is 112 cm³/mol. The van der Waals surface area contributed by atoms with Crippen molar-refractivity contribution in [2.75, 3.05) is 12.9 Å². The van der Waals surface area contributed by atoms with Gasteiger partial charge in [0.15, 0.2) is 5.78 Å². The van der Waals surface area contributed by atoms with Crippen LogP contribution in [0.1, 0.15) is 20.8 Å². The molecule has 0 unspecified atom stereocenters. The van der Waals surface area contributed by atoms with Crippen molar-refractivity contribution in [2.45, 2.75) is 18.6 Å². The van der Waals surface area contributed by atoms with Crippen LogP contribution < -0.4 is 4.74 Å². The molecule has 2 aromatic carbocycles. The first kappa shape index (κ1) is 18.6. The van der Waals surface area contributed by atoms with E-state index >= 15 is 0 Å². The van der Waals surface area contributed by atoms with E-state index in [4.69, 9.17) is 4.74 Å². The number of ketones is 1. The molecule has 0 aliphatic carbocycles. The van der Waals surface area contributed by atoms with E-state index in [1.54, 1.807) is 23.1 Å². The Hall–Kier alpha value is -2.71. The molecule has 0 atom stereocenters. The summed E-state index contributed by atoms with van der Waals surface area (Å²) in [7, 11) is 1.64. The Kier molecular flexibility index (Phi) is 5.40. The van der Waals surface area contributed by atoms with E-state index in [9.17, 15) is 4.79 Å². The van der Waals surface area contributed by atoms with Gasteiger partial charge in [0.25, 0.3) is 0 Å². The fourth-order valence-electron chi connectivity index (χ4n) is 2.94. The second-order valence-corrected chi connectivity index (χ2v) is 8.23. The first-order chi connectivity index (χ1) is 13.7. The molecule has 0 saturated heterocycles. The van der Waals surface area contributed by atoms with Gasteiger partial charge in [-0.1, -0.05) is 42.1 Å². The fraction of sp³-hybridized carbons (Fsp3) is 0.200. The van der Waals surface area contributed by atoms with Gasteiger partial charge in [-0.15, -0.1) is 16.4 Å². The molecule has 0 aliphatic heterocycles. The molecular weight excluding hydrogens is 392 g/mol. The number of thiophene rings is 1. The third kappa shape index (κ3) is 3.79. The lowest BCUT2D eigenvalue weighted by Gasteiger charge is -2.05. The molecule has 0 amide bonds. The van der Waals surface area contributed by atoms with E-state index in [2.05, 4.69) is 21.6 Å². The lowest BCUT2D eigenvalue weighted by molar-refractivity contribution is 0.102. The number of methoxy groups -OCH3 is 1. The van der Waals surface area contributed by atoms with Crippen molar-refractivity contribution in [3.8, 4) is 5.75 Å². The van der Waals surface area contributed by atoms with Crippen molar-refractivity contribution in [1.82, 2.24) is 20.2 Å². The molecule has 6 nitrogen and oxygen atoms in total. The zero-order valence-corrected chi connectivity index (χ0v) is 17.1. The van der Waals surface area contributed by atoms with E-state index in [1.807, 2.05) is 49.4 Å². The van der Waals surface area contributed by atoms with Crippen molar-refractivity contribution in [2.24, 2.45) is 0 Å². The Balaban J connectivity index is 1.45. The molecule has 8 heteroatoms. The number of fused-ring (bicyclic) bond motifs is 1. The normalized spacial score (nSPS) is 11.1. The Morgan fingerprint density at radius 3 is 2.71 bits per heavy atom. The van der Waals surface area contributed by atoms with Crippen LogP contribution in [0.15, 0.2) is 53.7 Å². The number of carbonyl (C=O) groups is 1. The van der Waals surface area contributed by atoms with Crippen LogP contribution in [-0.2, 0) is 6.54 Å². The highest BCUT2D eigenvalue weighted by Gasteiger charge is 2.17. The summed E-state index contributed by atoms with van der Waals surface area (Å²) in [6.45, 7) is 2.54. The van der Waals surface area contributed by atoms with Crippen LogP contribution in [0.3, 0.4) is 0 Å². The third-order valence-corrected chi connectivity index (χ3v) is 6.69. The molecule has 0 bridgehead atoms. The maximum Gasteiger partial charge on any atom is 0.210 e. The minimum absolute atomic E-state index is 0.0997. The smallest absolute Gasteiger partial charge is 0.210 e. The summed E-state index contributed by atoms with van der Waals surface area (Å²) in [4.78, 5) is 13.6. The van der Waals surface area contributed by atoms with Crippen LogP contribution in [-0.4, -0.2) is 38.9 Å². The number of aromatic nitrogens is 4. The van der Waals surface area contributed by atoms with E-state index < -0.39 is 0 Å². The monoisotopic (exact) mass is 410 g/mol. The zero-order chi connectivity index (χ0) is 19.5. The second-order valence-electron chi connectivity index (χ2n) is 6.23.